The molecule has 0 aromatic carbocycles. The maximum atomic E-state index is 12.5. The molecule has 0 saturated carbocycles. The number of urea groups is 1. The number of hydrogen-bond donors (Lipinski definition) is 2. The molecule has 0 aromatic heterocycles. The molecule has 3 heterocycles. The van der Waals surface area contributed by atoms with Crippen molar-refractivity contribution in [3.8, 4) is 0 Å². The van der Waals surface area contributed by atoms with E-state index in [1.165, 1.54) is 0 Å². The van der Waals surface area contributed by atoms with E-state index in [2.05, 4.69) is 10.0 Å². The third kappa shape index (κ3) is 4.45. The molecule has 2 atom stereocenters. The lowest BCUT2D eigenvalue weighted by molar-refractivity contribution is -0.139. The van der Waals surface area contributed by atoms with Crippen molar-refractivity contribution in [3.05, 3.63) is 0 Å². The summed E-state index contributed by atoms with van der Waals surface area (Å²) in [6.45, 7) is 4.91. The summed E-state index contributed by atoms with van der Waals surface area (Å²) in [6, 6.07) is -0.0907. The topological polar surface area (TPSA) is 97.0 Å². The molecule has 3 saturated heterocycles. The van der Waals surface area contributed by atoms with Crippen LogP contribution in [0, 0.1) is 0 Å². The molecule has 0 aliphatic carbocycles. The number of likely N-dealkylation sites (tertiary alicyclic amines) is 1. The van der Waals surface area contributed by atoms with Crippen LogP contribution in [0.15, 0.2) is 0 Å². The third-order valence-electron chi connectivity index (χ3n) is 5.44. The average molecular weight is 375 g/mol. The fourth-order valence-corrected chi connectivity index (χ4v) is 5.42. The second-order valence-electron chi connectivity index (χ2n) is 7.18. The third-order valence-corrected chi connectivity index (χ3v) is 7.39. The average Bonchev–Trinajstić information content (AvgIpc) is 3.07. The number of ether oxygens (including phenoxy) is 2. The van der Waals surface area contributed by atoms with Gasteiger partial charge in [0.25, 0.3) is 0 Å². The molecular weight excluding hydrogens is 346 g/mol. The minimum atomic E-state index is -3.34. The Kier molecular flexibility index (Phi) is 5.87. The number of amides is 2. The molecule has 25 heavy (non-hydrogen) atoms. The number of carbonyl (C=O) groups is 1. The molecule has 0 aromatic rings. The van der Waals surface area contributed by atoms with Gasteiger partial charge in [-0.25, -0.2) is 17.9 Å². The first kappa shape index (κ1) is 18.9. The first-order valence-corrected chi connectivity index (χ1v) is 10.7. The van der Waals surface area contributed by atoms with E-state index in [4.69, 9.17) is 9.47 Å². The molecule has 3 rings (SSSR count). The quantitative estimate of drug-likeness (QED) is 0.743. The molecule has 8 nitrogen and oxygen atoms in total. The van der Waals surface area contributed by atoms with Crippen LogP contribution in [0.2, 0.25) is 0 Å². The molecule has 2 N–H and O–H groups in total. The van der Waals surface area contributed by atoms with Crippen molar-refractivity contribution >= 4 is 16.1 Å². The molecule has 9 heteroatoms. The summed E-state index contributed by atoms with van der Waals surface area (Å²) in [7, 11) is -3.34. The summed E-state index contributed by atoms with van der Waals surface area (Å²) in [5.41, 5.74) is -0.170. The van der Waals surface area contributed by atoms with E-state index in [1.54, 1.807) is 11.8 Å². The Labute approximate surface area is 149 Å². The monoisotopic (exact) mass is 375 g/mol. The van der Waals surface area contributed by atoms with E-state index < -0.39 is 15.3 Å². The Hall–Kier alpha value is -0.900. The van der Waals surface area contributed by atoms with Crippen LogP contribution in [0.5, 0.6) is 0 Å². The predicted molar refractivity (Wildman–Crippen MR) is 92.9 cm³/mol. The van der Waals surface area contributed by atoms with Gasteiger partial charge in [-0.2, -0.15) is 0 Å². The number of nitrogens with one attached hydrogen (secondary N) is 2. The Morgan fingerprint density at radius 2 is 2.00 bits per heavy atom. The van der Waals surface area contributed by atoms with Crippen LogP contribution >= 0.6 is 0 Å². The summed E-state index contributed by atoms with van der Waals surface area (Å²) in [4.78, 5) is 14.2. The van der Waals surface area contributed by atoms with E-state index in [0.717, 1.165) is 25.7 Å². The van der Waals surface area contributed by atoms with Gasteiger partial charge in [-0.05, 0) is 32.1 Å². The lowest BCUT2D eigenvalue weighted by Gasteiger charge is -2.43. The standard InChI is InChI=1S/C16H29N3O5S/c1-2-17-25(21,22)14-3-7-19(12-14)15(20)18-13-4-8-24-16(11-13)5-9-23-10-6-16/h13-14,17H,2-12H2,1H3,(H,18,20). The highest BCUT2D eigenvalue weighted by Crippen LogP contribution is 2.34. The molecule has 144 valence electrons. The number of sulfonamides is 1. The van der Waals surface area contributed by atoms with Gasteiger partial charge in [0.15, 0.2) is 0 Å². The molecular formula is C16H29N3O5S. The second-order valence-corrected chi connectivity index (χ2v) is 9.23. The van der Waals surface area contributed by atoms with E-state index in [1.807, 2.05) is 0 Å². The van der Waals surface area contributed by atoms with Crippen LogP contribution in [0.25, 0.3) is 0 Å². The van der Waals surface area contributed by atoms with Crippen LogP contribution < -0.4 is 10.0 Å². The van der Waals surface area contributed by atoms with E-state index in [0.29, 0.717) is 39.3 Å². The van der Waals surface area contributed by atoms with Gasteiger partial charge in [-0.3, -0.25) is 0 Å². The lowest BCUT2D eigenvalue weighted by atomic mass is 9.84. The van der Waals surface area contributed by atoms with Crippen molar-refractivity contribution < 1.29 is 22.7 Å². The first-order chi connectivity index (χ1) is 11.9. The normalized spacial score (nSPS) is 29.7. The summed E-state index contributed by atoms with van der Waals surface area (Å²) in [5.74, 6) is 0. The van der Waals surface area contributed by atoms with Crippen molar-refractivity contribution in [2.75, 3.05) is 39.5 Å². The molecule has 1 spiro atoms. The maximum absolute atomic E-state index is 12.5. The number of hydrogen-bond acceptors (Lipinski definition) is 5. The van der Waals surface area contributed by atoms with Crippen LogP contribution in [-0.2, 0) is 19.5 Å². The molecule has 0 radical (unpaired) electrons. The van der Waals surface area contributed by atoms with Crippen LogP contribution in [0.3, 0.4) is 0 Å². The minimum absolute atomic E-state index is 0.0729. The summed E-state index contributed by atoms with van der Waals surface area (Å²) >= 11 is 0. The molecule has 2 unspecified atom stereocenters. The summed E-state index contributed by atoms with van der Waals surface area (Å²) in [5, 5.41) is 2.57. The first-order valence-electron chi connectivity index (χ1n) is 9.20. The van der Waals surface area contributed by atoms with Gasteiger partial charge in [0.1, 0.15) is 0 Å². The smallest absolute Gasteiger partial charge is 0.317 e. The predicted octanol–water partition coefficient (Wildman–Crippen LogP) is 0.438. The summed E-state index contributed by atoms with van der Waals surface area (Å²) < 4.78 is 38.1. The van der Waals surface area contributed by atoms with Crippen molar-refractivity contribution in [3.63, 3.8) is 0 Å². The Balaban J connectivity index is 1.52. The number of rotatable bonds is 4. The van der Waals surface area contributed by atoms with E-state index in [-0.39, 0.29) is 24.2 Å². The van der Waals surface area contributed by atoms with Crippen molar-refractivity contribution in [1.29, 1.82) is 0 Å². The minimum Gasteiger partial charge on any atom is -0.381 e. The van der Waals surface area contributed by atoms with Gasteiger partial charge in [0.05, 0.1) is 10.9 Å². The molecule has 3 fully saturated rings. The van der Waals surface area contributed by atoms with Crippen LogP contribution in [0.1, 0.15) is 39.0 Å². The van der Waals surface area contributed by atoms with Crippen LogP contribution in [-0.4, -0.2) is 75.7 Å². The zero-order valence-electron chi connectivity index (χ0n) is 14.8. The fourth-order valence-electron chi connectivity index (χ4n) is 3.99. The second kappa shape index (κ2) is 7.77. The number of carbonyl (C=O) groups excluding carboxylic acids is 1. The highest BCUT2D eigenvalue weighted by atomic mass is 32.2. The van der Waals surface area contributed by atoms with Gasteiger partial charge in [-0.1, -0.05) is 6.92 Å². The molecule has 3 aliphatic rings. The molecule has 3 aliphatic heterocycles. The van der Waals surface area contributed by atoms with Gasteiger partial charge in [-0.15, -0.1) is 0 Å². The molecule has 0 bridgehead atoms. The zero-order chi connectivity index (χ0) is 17.9. The van der Waals surface area contributed by atoms with Gasteiger partial charge in [0.2, 0.25) is 10.0 Å². The zero-order valence-corrected chi connectivity index (χ0v) is 15.6. The van der Waals surface area contributed by atoms with Crippen molar-refractivity contribution in [2.45, 2.75) is 55.9 Å². The SMILES string of the molecule is CCNS(=O)(=O)C1CCN(C(=O)NC2CCOC3(CCOCC3)C2)C1. The van der Waals surface area contributed by atoms with Crippen molar-refractivity contribution in [2.24, 2.45) is 0 Å². The number of nitrogens with zero attached hydrogens (tertiary/aromatic N) is 1. The lowest BCUT2D eigenvalue weighted by Crippen LogP contribution is -2.53. The Bertz CT molecular complexity index is 571. The van der Waals surface area contributed by atoms with Gasteiger partial charge >= 0.3 is 6.03 Å². The van der Waals surface area contributed by atoms with E-state index in [9.17, 15) is 13.2 Å². The van der Waals surface area contributed by atoms with Gasteiger partial charge in [0, 0.05) is 45.5 Å². The van der Waals surface area contributed by atoms with Gasteiger partial charge < -0.3 is 19.7 Å². The maximum Gasteiger partial charge on any atom is 0.317 e. The highest BCUT2D eigenvalue weighted by Gasteiger charge is 2.40. The molecule has 2 amide bonds. The fraction of sp³-hybridized carbons (Fsp3) is 0.938. The summed E-state index contributed by atoms with van der Waals surface area (Å²) in [6.07, 6.45) is 3.81. The van der Waals surface area contributed by atoms with E-state index >= 15 is 0 Å². The Morgan fingerprint density at radius 1 is 1.24 bits per heavy atom. The van der Waals surface area contributed by atoms with Crippen LogP contribution in [0.4, 0.5) is 4.79 Å². The largest absolute Gasteiger partial charge is 0.381 e. The Morgan fingerprint density at radius 3 is 2.72 bits per heavy atom. The van der Waals surface area contributed by atoms with Crippen molar-refractivity contribution in [1.82, 2.24) is 14.9 Å². The highest BCUT2D eigenvalue weighted by molar-refractivity contribution is 7.90.